The molecule has 0 spiro atoms. The van der Waals surface area contributed by atoms with Crippen LogP contribution in [0.3, 0.4) is 0 Å². The zero-order chi connectivity index (χ0) is 15.1. The van der Waals surface area contributed by atoms with E-state index in [-0.39, 0.29) is 27.5 Å². The van der Waals surface area contributed by atoms with E-state index in [0.29, 0.717) is 5.39 Å². The first-order chi connectivity index (χ1) is 10.0. The van der Waals surface area contributed by atoms with E-state index in [2.05, 4.69) is 0 Å². The minimum absolute atomic E-state index is 0.0427. The molecule has 0 aliphatic rings. The molecule has 0 atom stereocenters. The number of hydrogen-bond acceptors (Lipinski definition) is 4. The van der Waals surface area contributed by atoms with Gasteiger partial charge in [-0.2, -0.15) is 0 Å². The van der Waals surface area contributed by atoms with Crippen LogP contribution in [0.2, 0.25) is 0 Å². The van der Waals surface area contributed by atoms with Crippen molar-refractivity contribution in [3.8, 4) is 0 Å². The molecule has 0 fully saturated rings. The van der Waals surface area contributed by atoms with E-state index in [0.717, 1.165) is 6.07 Å². The van der Waals surface area contributed by atoms with Crippen molar-refractivity contribution < 1.29 is 24.2 Å². The highest BCUT2D eigenvalue weighted by Crippen LogP contribution is 2.28. The molecule has 6 nitrogen and oxygen atoms in total. The molecule has 0 aliphatic heterocycles. The molecular formula is C15H8O6. The molecule has 0 bridgehead atoms. The van der Waals surface area contributed by atoms with Crippen LogP contribution in [0.15, 0.2) is 45.6 Å². The maximum Gasteiger partial charge on any atom is 0.344 e. The Morgan fingerprint density at radius 2 is 1.57 bits per heavy atom. The van der Waals surface area contributed by atoms with Crippen LogP contribution in [0.25, 0.3) is 21.7 Å². The normalized spacial score (nSPS) is 10.9. The van der Waals surface area contributed by atoms with Gasteiger partial charge < -0.3 is 14.6 Å². The molecule has 1 aromatic heterocycles. The molecule has 6 heteroatoms. The lowest BCUT2D eigenvalue weighted by Crippen LogP contribution is -2.10. The molecule has 21 heavy (non-hydrogen) atoms. The first-order valence-corrected chi connectivity index (χ1v) is 5.96. The highest BCUT2D eigenvalue weighted by atomic mass is 16.4. The summed E-state index contributed by atoms with van der Waals surface area (Å²) in [5.74, 6) is -2.75. The van der Waals surface area contributed by atoms with Crippen LogP contribution in [0, 0.1) is 0 Å². The Morgan fingerprint density at radius 1 is 0.905 bits per heavy atom. The molecule has 0 aliphatic carbocycles. The highest BCUT2D eigenvalue weighted by Gasteiger charge is 2.22. The number of hydrogen-bond donors (Lipinski definition) is 2. The maximum absolute atomic E-state index is 11.9. The molecule has 0 amide bonds. The van der Waals surface area contributed by atoms with Crippen molar-refractivity contribution in [2.24, 2.45) is 0 Å². The maximum atomic E-state index is 11.9. The standard InChI is InChI=1S/C15H8O6/c16-13(17)9-5-6-10-11(12(9)14(18)19)7-3-1-2-4-8(7)15(20)21-10/h1-6H,(H,16,17)(H,18,19). The van der Waals surface area contributed by atoms with E-state index in [4.69, 9.17) is 9.52 Å². The van der Waals surface area contributed by atoms with E-state index in [1.54, 1.807) is 18.2 Å². The van der Waals surface area contributed by atoms with Crippen LogP contribution in [-0.4, -0.2) is 22.2 Å². The summed E-state index contributed by atoms with van der Waals surface area (Å²) in [6.45, 7) is 0. The monoisotopic (exact) mass is 284 g/mol. The lowest BCUT2D eigenvalue weighted by molar-refractivity contribution is 0.0653. The van der Waals surface area contributed by atoms with Crippen molar-refractivity contribution in [2.45, 2.75) is 0 Å². The fourth-order valence-electron chi connectivity index (χ4n) is 2.37. The molecule has 3 aromatic rings. The van der Waals surface area contributed by atoms with Gasteiger partial charge in [-0.25, -0.2) is 14.4 Å². The molecule has 104 valence electrons. The zero-order valence-electron chi connectivity index (χ0n) is 10.5. The van der Waals surface area contributed by atoms with Crippen molar-refractivity contribution in [2.75, 3.05) is 0 Å². The fraction of sp³-hybridized carbons (Fsp3) is 0. The quantitative estimate of drug-likeness (QED) is 0.552. The summed E-state index contributed by atoms with van der Waals surface area (Å²) in [5, 5.41) is 19.2. The van der Waals surface area contributed by atoms with E-state index in [9.17, 15) is 19.5 Å². The van der Waals surface area contributed by atoms with Gasteiger partial charge in [-0.1, -0.05) is 18.2 Å². The summed E-state index contributed by atoms with van der Waals surface area (Å²) in [5.41, 5.74) is -1.30. The summed E-state index contributed by atoms with van der Waals surface area (Å²) in [6, 6.07) is 8.73. The van der Waals surface area contributed by atoms with Crippen LogP contribution in [0.1, 0.15) is 20.7 Å². The summed E-state index contributed by atoms with van der Waals surface area (Å²) in [4.78, 5) is 34.6. The number of carbonyl (C=O) groups is 2. The lowest BCUT2D eigenvalue weighted by Gasteiger charge is -2.08. The average molecular weight is 284 g/mol. The predicted molar refractivity (Wildman–Crippen MR) is 73.9 cm³/mol. The minimum Gasteiger partial charge on any atom is -0.478 e. The van der Waals surface area contributed by atoms with Crippen molar-refractivity contribution in [1.29, 1.82) is 0 Å². The van der Waals surface area contributed by atoms with Gasteiger partial charge in [-0.3, -0.25) is 0 Å². The van der Waals surface area contributed by atoms with Gasteiger partial charge in [-0.05, 0) is 18.2 Å². The first kappa shape index (κ1) is 12.9. The van der Waals surface area contributed by atoms with Crippen molar-refractivity contribution in [3.63, 3.8) is 0 Å². The molecular weight excluding hydrogens is 276 g/mol. The van der Waals surface area contributed by atoms with Gasteiger partial charge in [0, 0.05) is 10.8 Å². The molecule has 0 saturated heterocycles. The predicted octanol–water partition coefficient (Wildman–Crippen LogP) is 2.34. The van der Waals surface area contributed by atoms with Gasteiger partial charge in [0.1, 0.15) is 5.58 Å². The molecule has 1 heterocycles. The summed E-state index contributed by atoms with van der Waals surface area (Å²) < 4.78 is 5.09. The van der Waals surface area contributed by atoms with Gasteiger partial charge in [0.2, 0.25) is 0 Å². The number of carboxylic acids is 2. The molecule has 0 unspecified atom stereocenters. The van der Waals surface area contributed by atoms with Gasteiger partial charge >= 0.3 is 17.6 Å². The average Bonchev–Trinajstić information content (AvgIpc) is 2.46. The Labute approximate surface area is 116 Å². The lowest BCUT2D eigenvalue weighted by atomic mass is 9.98. The second-order valence-corrected chi connectivity index (χ2v) is 4.41. The van der Waals surface area contributed by atoms with Crippen LogP contribution >= 0.6 is 0 Å². The second kappa shape index (κ2) is 4.45. The fourth-order valence-corrected chi connectivity index (χ4v) is 2.37. The Bertz CT molecular complexity index is 967. The number of aromatic carboxylic acids is 2. The highest BCUT2D eigenvalue weighted by molar-refractivity contribution is 6.18. The number of rotatable bonds is 2. The molecule has 0 saturated carbocycles. The molecule has 0 radical (unpaired) electrons. The Kier molecular flexibility index (Phi) is 2.72. The summed E-state index contributed by atoms with van der Waals surface area (Å²) in [7, 11) is 0. The summed E-state index contributed by atoms with van der Waals surface area (Å²) >= 11 is 0. The largest absolute Gasteiger partial charge is 0.478 e. The van der Waals surface area contributed by atoms with E-state index in [1.165, 1.54) is 12.1 Å². The third-order valence-electron chi connectivity index (χ3n) is 3.23. The number of benzene rings is 2. The molecule has 2 N–H and O–H groups in total. The van der Waals surface area contributed by atoms with Crippen molar-refractivity contribution in [3.05, 3.63) is 57.9 Å². The van der Waals surface area contributed by atoms with Crippen LogP contribution < -0.4 is 5.63 Å². The molecule has 3 rings (SSSR count). The third kappa shape index (κ3) is 1.85. The van der Waals surface area contributed by atoms with Crippen LogP contribution in [0.4, 0.5) is 0 Å². The Morgan fingerprint density at radius 3 is 2.19 bits per heavy atom. The van der Waals surface area contributed by atoms with Crippen LogP contribution in [0.5, 0.6) is 0 Å². The van der Waals surface area contributed by atoms with Gasteiger partial charge in [-0.15, -0.1) is 0 Å². The van der Waals surface area contributed by atoms with Gasteiger partial charge in [0.25, 0.3) is 0 Å². The second-order valence-electron chi connectivity index (χ2n) is 4.41. The third-order valence-corrected chi connectivity index (χ3v) is 3.23. The van der Waals surface area contributed by atoms with Crippen LogP contribution in [-0.2, 0) is 0 Å². The number of fused-ring (bicyclic) bond motifs is 3. The molecule has 2 aromatic carbocycles. The van der Waals surface area contributed by atoms with Gasteiger partial charge in [0.05, 0.1) is 16.5 Å². The van der Waals surface area contributed by atoms with Crippen molar-refractivity contribution >= 4 is 33.7 Å². The summed E-state index contributed by atoms with van der Waals surface area (Å²) in [6.07, 6.45) is 0. The SMILES string of the molecule is O=C(O)c1ccc2oc(=O)c3ccccc3c2c1C(=O)O. The van der Waals surface area contributed by atoms with E-state index in [1.807, 2.05) is 0 Å². The zero-order valence-corrected chi connectivity index (χ0v) is 10.5. The topological polar surface area (TPSA) is 105 Å². The Hall–Kier alpha value is -3.15. The van der Waals surface area contributed by atoms with Gasteiger partial charge in [0.15, 0.2) is 0 Å². The van der Waals surface area contributed by atoms with E-state index >= 15 is 0 Å². The van der Waals surface area contributed by atoms with Crippen molar-refractivity contribution in [1.82, 2.24) is 0 Å². The Balaban J connectivity index is 2.67. The first-order valence-electron chi connectivity index (χ1n) is 5.96. The number of carboxylic acid groups (broad SMARTS) is 2. The minimum atomic E-state index is -1.39. The smallest absolute Gasteiger partial charge is 0.344 e. The van der Waals surface area contributed by atoms with E-state index < -0.39 is 17.6 Å².